The van der Waals surface area contributed by atoms with Crippen LogP contribution in [0.1, 0.15) is 19.3 Å². The fraction of sp³-hybridized carbons (Fsp3) is 0.333. The third-order valence-electron chi connectivity index (χ3n) is 4.85. The number of hydrogen-bond donors (Lipinski definition) is 0. The Kier molecular flexibility index (Phi) is 5.92. The number of methoxy groups -OCH3 is 1. The first-order chi connectivity index (χ1) is 13.7. The first-order valence-corrected chi connectivity index (χ1v) is 11.2. The van der Waals surface area contributed by atoms with Gasteiger partial charge in [0, 0.05) is 31.4 Å². The summed E-state index contributed by atoms with van der Waals surface area (Å²) in [5.41, 5.74) is 2.10. The van der Waals surface area contributed by atoms with Crippen molar-refractivity contribution in [2.75, 3.05) is 20.2 Å². The minimum Gasteiger partial charge on any atom is -0.497 e. The lowest BCUT2D eigenvalue weighted by Gasteiger charge is -2.16. The van der Waals surface area contributed by atoms with Gasteiger partial charge in [-0.1, -0.05) is 6.07 Å². The average Bonchev–Trinajstić information content (AvgIpc) is 3.45. The molecule has 1 aliphatic heterocycles. The Morgan fingerprint density at radius 1 is 1.14 bits per heavy atom. The molecule has 5 nitrogen and oxygen atoms in total. The summed E-state index contributed by atoms with van der Waals surface area (Å²) in [5, 5.41) is 4.27. The number of nitrogens with zero attached hydrogens (tertiary/aromatic N) is 3. The van der Waals surface area contributed by atoms with Crippen LogP contribution in [-0.2, 0) is 11.3 Å². The van der Waals surface area contributed by atoms with Crippen LogP contribution in [0.4, 0.5) is 5.69 Å². The number of rotatable bonds is 7. The van der Waals surface area contributed by atoms with Crippen molar-refractivity contribution < 1.29 is 9.53 Å². The van der Waals surface area contributed by atoms with Crippen LogP contribution in [0.5, 0.6) is 5.75 Å². The number of thiazole rings is 1. The number of ether oxygens (including phenoxy) is 1. The summed E-state index contributed by atoms with van der Waals surface area (Å²) in [7, 11) is 1.66. The predicted octanol–water partition coefficient (Wildman–Crippen LogP) is 4.53. The molecule has 0 atom stereocenters. The number of likely N-dealkylation sites (tertiary alicyclic amines) is 1. The van der Waals surface area contributed by atoms with E-state index in [1.807, 2.05) is 29.2 Å². The second-order valence-electron chi connectivity index (χ2n) is 6.68. The summed E-state index contributed by atoms with van der Waals surface area (Å²) in [6, 6.07) is 12.0. The van der Waals surface area contributed by atoms with E-state index in [1.54, 1.807) is 29.8 Å². The van der Waals surface area contributed by atoms with Crippen LogP contribution < -0.4 is 9.54 Å². The van der Waals surface area contributed by atoms with E-state index in [1.165, 1.54) is 10.6 Å². The van der Waals surface area contributed by atoms with Crippen molar-refractivity contribution in [1.29, 1.82) is 0 Å². The molecule has 3 heterocycles. The third kappa shape index (κ3) is 4.20. The Balaban J connectivity index is 1.60. The highest BCUT2D eigenvalue weighted by Crippen LogP contribution is 2.26. The molecule has 0 saturated carbocycles. The van der Waals surface area contributed by atoms with E-state index >= 15 is 0 Å². The minimum absolute atomic E-state index is 0.289. The van der Waals surface area contributed by atoms with Crippen LogP contribution in [0.2, 0.25) is 0 Å². The smallest absolute Gasteiger partial charge is 0.222 e. The van der Waals surface area contributed by atoms with Crippen LogP contribution in [0, 0.1) is 0 Å². The largest absolute Gasteiger partial charge is 0.497 e. The Hall–Kier alpha value is -2.38. The van der Waals surface area contributed by atoms with Gasteiger partial charge in [0.15, 0.2) is 4.80 Å². The highest BCUT2D eigenvalue weighted by molar-refractivity contribution is 7.14. The first-order valence-electron chi connectivity index (χ1n) is 9.43. The van der Waals surface area contributed by atoms with Crippen molar-refractivity contribution in [3.05, 3.63) is 52.0 Å². The zero-order chi connectivity index (χ0) is 19.3. The van der Waals surface area contributed by atoms with Gasteiger partial charge in [-0.2, -0.15) is 0 Å². The zero-order valence-corrected chi connectivity index (χ0v) is 17.5. The van der Waals surface area contributed by atoms with E-state index in [4.69, 9.17) is 9.73 Å². The summed E-state index contributed by atoms with van der Waals surface area (Å²) in [6.07, 6.45) is 2.61. The van der Waals surface area contributed by atoms with Gasteiger partial charge in [0.05, 0.1) is 23.4 Å². The molecule has 1 amide bonds. The maximum Gasteiger partial charge on any atom is 0.222 e. The standard InChI is InChI=1S/C21H23N3O2S2/c1-26-17-9-7-16(8-10-17)22-21-24(13-4-12-23-11-2-6-20(23)25)18(15-28-21)19-5-3-14-27-19/h3,5,7-10,14-15H,2,4,6,11-13H2,1H3. The average molecular weight is 414 g/mol. The predicted molar refractivity (Wildman–Crippen MR) is 114 cm³/mol. The van der Waals surface area contributed by atoms with Crippen molar-refractivity contribution >= 4 is 34.3 Å². The Morgan fingerprint density at radius 2 is 2.00 bits per heavy atom. The van der Waals surface area contributed by atoms with Gasteiger partial charge >= 0.3 is 0 Å². The fourth-order valence-corrected chi connectivity index (χ4v) is 5.16. The monoisotopic (exact) mass is 413 g/mol. The quantitative estimate of drug-likeness (QED) is 0.571. The van der Waals surface area contributed by atoms with Crippen molar-refractivity contribution in [3.63, 3.8) is 0 Å². The van der Waals surface area contributed by atoms with Gasteiger partial charge in [-0.3, -0.25) is 4.79 Å². The van der Waals surface area contributed by atoms with Crippen molar-refractivity contribution in [2.24, 2.45) is 4.99 Å². The molecule has 0 aliphatic carbocycles. The normalized spacial score (nSPS) is 14.8. The molecule has 146 valence electrons. The van der Waals surface area contributed by atoms with E-state index in [0.29, 0.717) is 6.42 Å². The number of carbonyl (C=O) groups excluding carboxylic acids is 1. The second kappa shape index (κ2) is 8.75. The summed E-state index contributed by atoms with van der Waals surface area (Å²) < 4.78 is 7.51. The van der Waals surface area contributed by atoms with Gasteiger partial charge in [-0.05, 0) is 48.6 Å². The third-order valence-corrected chi connectivity index (χ3v) is 6.61. The molecule has 7 heteroatoms. The number of benzene rings is 1. The first kappa shape index (κ1) is 19.0. The number of aromatic nitrogens is 1. The topological polar surface area (TPSA) is 46.8 Å². The molecule has 1 saturated heterocycles. The lowest BCUT2D eigenvalue weighted by atomic mass is 10.3. The molecule has 1 aromatic carbocycles. The van der Waals surface area contributed by atoms with Gasteiger partial charge < -0.3 is 14.2 Å². The highest BCUT2D eigenvalue weighted by Gasteiger charge is 2.19. The van der Waals surface area contributed by atoms with Crippen LogP contribution in [0.3, 0.4) is 0 Å². The molecule has 0 radical (unpaired) electrons. The summed E-state index contributed by atoms with van der Waals surface area (Å²) in [5.74, 6) is 1.12. The highest BCUT2D eigenvalue weighted by atomic mass is 32.1. The SMILES string of the molecule is COc1ccc(N=c2scc(-c3cccs3)n2CCCN2CCCC2=O)cc1. The molecular weight excluding hydrogens is 390 g/mol. The van der Waals surface area contributed by atoms with Crippen LogP contribution >= 0.6 is 22.7 Å². The van der Waals surface area contributed by atoms with Gasteiger partial charge in [0.2, 0.25) is 5.91 Å². The van der Waals surface area contributed by atoms with Gasteiger partial charge in [0.25, 0.3) is 0 Å². The Labute approximate surface area is 172 Å². The zero-order valence-electron chi connectivity index (χ0n) is 15.8. The second-order valence-corrected chi connectivity index (χ2v) is 8.46. The molecule has 0 bridgehead atoms. The lowest BCUT2D eigenvalue weighted by molar-refractivity contribution is -0.127. The molecule has 0 spiro atoms. The maximum atomic E-state index is 11.9. The van der Waals surface area contributed by atoms with Gasteiger partial charge in [-0.15, -0.1) is 22.7 Å². The minimum atomic E-state index is 0.289. The lowest BCUT2D eigenvalue weighted by Crippen LogP contribution is -2.27. The fourth-order valence-electron chi connectivity index (χ4n) is 3.38. The molecule has 28 heavy (non-hydrogen) atoms. The van der Waals surface area contributed by atoms with Gasteiger partial charge in [0.1, 0.15) is 5.75 Å². The van der Waals surface area contributed by atoms with Crippen LogP contribution in [-0.4, -0.2) is 35.6 Å². The van der Waals surface area contributed by atoms with Crippen LogP contribution in [0.25, 0.3) is 10.6 Å². The number of amides is 1. The molecule has 0 unspecified atom stereocenters. The van der Waals surface area contributed by atoms with E-state index < -0.39 is 0 Å². The summed E-state index contributed by atoms with van der Waals surface area (Å²) in [6.45, 7) is 2.55. The molecule has 1 fully saturated rings. The number of hydrogen-bond acceptors (Lipinski definition) is 5. The number of carbonyl (C=O) groups is 1. The van der Waals surface area contributed by atoms with Crippen molar-refractivity contribution in [1.82, 2.24) is 9.47 Å². The number of thiophene rings is 1. The summed E-state index contributed by atoms with van der Waals surface area (Å²) >= 11 is 3.39. The van der Waals surface area contributed by atoms with E-state index in [9.17, 15) is 4.79 Å². The Bertz CT molecular complexity index is 988. The van der Waals surface area contributed by atoms with E-state index in [0.717, 1.165) is 48.7 Å². The Morgan fingerprint density at radius 3 is 2.68 bits per heavy atom. The maximum absolute atomic E-state index is 11.9. The summed E-state index contributed by atoms with van der Waals surface area (Å²) in [4.78, 5) is 20.9. The molecule has 4 rings (SSSR count). The molecule has 1 aliphatic rings. The molecule has 3 aromatic rings. The molecule has 2 aromatic heterocycles. The van der Waals surface area contributed by atoms with Crippen molar-refractivity contribution in [2.45, 2.75) is 25.8 Å². The van der Waals surface area contributed by atoms with Crippen molar-refractivity contribution in [3.8, 4) is 16.3 Å². The van der Waals surface area contributed by atoms with Crippen LogP contribution in [0.15, 0.2) is 52.2 Å². The van der Waals surface area contributed by atoms with E-state index in [2.05, 4.69) is 27.5 Å². The molecular formula is C21H23N3O2S2. The molecule has 0 N–H and O–H groups in total. The van der Waals surface area contributed by atoms with Gasteiger partial charge in [-0.25, -0.2) is 4.99 Å². The van der Waals surface area contributed by atoms with E-state index in [-0.39, 0.29) is 5.91 Å².